The number of nitrogens with zero attached hydrogens (tertiary/aromatic N) is 3. The van der Waals surface area contributed by atoms with E-state index in [1.54, 1.807) is 23.9 Å². The first kappa shape index (κ1) is 19.3. The lowest BCUT2D eigenvalue weighted by molar-refractivity contribution is 0.131. The molecule has 2 aromatic rings. The minimum Gasteiger partial charge on any atom is -0.378 e. The van der Waals surface area contributed by atoms with Crippen molar-refractivity contribution in [1.29, 1.82) is 0 Å². The molecule has 1 atom stereocenters. The molecule has 1 saturated heterocycles. The summed E-state index contributed by atoms with van der Waals surface area (Å²) >= 11 is 1.71. The van der Waals surface area contributed by atoms with Crippen LogP contribution in [-0.4, -0.2) is 43.0 Å². The Morgan fingerprint density at radius 1 is 1.04 bits per heavy atom. The molecule has 5 heteroatoms. The number of likely N-dealkylation sites (tertiary alicyclic amines) is 1. The summed E-state index contributed by atoms with van der Waals surface area (Å²) in [6.45, 7) is 3.17. The van der Waals surface area contributed by atoms with Gasteiger partial charge in [-0.1, -0.05) is 30.3 Å². The molecule has 0 N–H and O–H groups in total. The van der Waals surface area contributed by atoms with Crippen molar-refractivity contribution in [1.82, 2.24) is 9.80 Å². The maximum Gasteiger partial charge on any atom is 0.129 e. The maximum absolute atomic E-state index is 14.3. The molecule has 0 bridgehead atoms. The number of piperidine rings is 1. The summed E-state index contributed by atoms with van der Waals surface area (Å²) in [5, 5.41) is 2.17. The minimum absolute atomic E-state index is 0.0660. The summed E-state index contributed by atoms with van der Waals surface area (Å²) in [6.07, 6.45) is 4.39. The molecule has 0 spiro atoms. The zero-order valence-electron chi connectivity index (χ0n) is 16.6. The average Bonchev–Trinajstić information content (AvgIpc) is 3.19. The molecule has 3 nitrogen and oxygen atoms in total. The Morgan fingerprint density at radius 2 is 1.75 bits per heavy atom. The predicted molar refractivity (Wildman–Crippen MR) is 117 cm³/mol. The first-order valence-corrected chi connectivity index (χ1v) is 10.9. The minimum atomic E-state index is -0.104. The van der Waals surface area contributed by atoms with E-state index in [-0.39, 0.29) is 11.2 Å². The van der Waals surface area contributed by atoms with Crippen LogP contribution in [0, 0.1) is 5.82 Å². The van der Waals surface area contributed by atoms with E-state index in [0.29, 0.717) is 6.04 Å². The van der Waals surface area contributed by atoms with Crippen LogP contribution in [0.5, 0.6) is 0 Å². The van der Waals surface area contributed by atoms with Crippen LogP contribution < -0.4 is 4.90 Å². The quantitative estimate of drug-likeness (QED) is 0.696. The van der Waals surface area contributed by atoms with E-state index in [2.05, 4.69) is 64.7 Å². The number of benzene rings is 2. The van der Waals surface area contributed by atoms with Crippen molar-refractivity contribution < 1.29 is 4.39 Å². The van der Waals surface area contributed by atoms with E-state index in [0.717, 1.165) is 38.0 Å². The fourth-order valence-electron chi connectivity index (χ4n) is 4.08. The van der Waals surface area contributed by atoms with Crippen molar-refractivity contribution in [2.75, 3.05) is 32.1 Å². The topological polar surface area (TPSA) is 9.72 Å². The van der Waals surface area contributed by atoms with Crippen molar-refractivity contribution in [3.63, 3.8) is 0 Å². The Labute approximate surface area is 171 Å². The molecule has 2 heterocycles. The second kappa shape index (κ2) is 8.58. The van der Waals surface area contributed by atoms with Crippen molar-refractivity contribution in [2.45, 2.75) is 30.8 Å². The highest BCUT2D eigenvalue weighted by atomic mass is 32.2. The van der Waals surface area contributed by atoms with Gasteiger partial charge in [-0.2, -0.15) is 0 Å². The SMILES string of the molecule is CN(C)c1ccc(CN2CCC(N3C=CSC3c3ccccc3F)CC2)cc1. The summed E-state index contributed by atoms with van der Waals surface area (Å²) in [4.78, 5) is 7.03. The molecule has 2 aromatic carbocycles. The molecule has 2 aliphatic rings. The molecule has 4 rings (SSSR count). The van der Waals surface area contributed by atoms with Crippen molar-refractivity contribution in [2.24, 2.45) is 0 Å². The molecule has 0 radical (unpaired) electrons. The lowest BCUT2D eigenvalue weighted by atomic mass is 10.0. The molecule has 0 aliphatic carbocycles. The summed E-state index contributed by atoms with van der Waals surface area (Å²) < 4.78 is 14.3. The highest BCUT2D eigenvalue weighted by Gasteiger charge is 2.32. The van der Waals surface area contributed by atoms with Crippen molar-refractivity contribution >= 4 is 17.4 Å². The van der Waals surface area contributed by atoms with Gasteiger partial charge in [0.25, 0.3) is 0 Å². The number of rotatable bonds is 5. The molecular weight excluding hydrogens is 369 g/mol. The van der Waals surface area contributed by atoms with E-state index < -0.39 is 0 Å². The van der Waals surface area contributed by atoms with E-state index in [4.69, 9.17) is 0 Å². The Hall–Kier alpha value is -1.98. The van der Waals surface area contributed by atoms with Crippen LogP contribution in [0.4, 0.5) is 10.1 Å². The first-order valence-electron chi connectivity index (χ1n) is 9.94. The summed E-state index contributed by atoms with van der Waals surface area (Å²) in [5.74, 6) is -0.104. The van der Waals surface area contributed by atoms with Gasteiger partial charge in [-0.05, 0) is 42.0 Å². The van der Waals surface area contributed by atoms with Gasteiger partial charge < -0.3 is 9.80 Å². The van der Waals surface area contributed by atoms with Gasteiger partial charge in [-0.3, -0.25) is 4.90 Å². The van der Waals surface area contributed by atoms with Crippen LogP contribution in [0.1, 0.15) is 29.3 Å². The maximum atomic E-state index is 14.3. The lowest BCUT2D eigenvalue weighted by Crippen LogP contribution is -2.42. The Bertz CT molecular complexity index is 813. The van der Waals surface area contributed by atoms with E-state index in [9.17, 15) is 4.39 Å². The number of anilines is 1. The van der Waals surface area contributed by atoms with Crippen LogP contribution in [0.15, 0.2) is 60.1 Å². The molecule has 0 aromatic heterocycles. The van der Waals surface area contributed by atoms with Crippen LogP contribution in [-0.2, 0) is 6.54 Å². The Morgan fingerprint density at radius 3 is 2.43 bits per heavy atom. The number of halogens is 1. The summed E-state index contributed by atoms with van der Waals surface area (Å²) in [6, 6.07) is 16.5. The third-order valence-corrected chi connectivity index (χ3v) is 6.75. The van der Waals surface area contributed by atoms with Crippen LogP contribution in [0.3, 0.4) is 0 Å². The van der Waals surface area contributed by atoms with Crippen LogP contribution >= 0.6 is 11.8 Å². The van der Waals surface area contributed by atoms with Gasteiger partial charge in [-0.25, -0.2) is 4.39 Å². The van der Waals surface area contributed by atoms with Crippen molar-refractivity contribution in [3.8, 4) is 0 Å². The predicted octanol–water partition coefficient (Wildman–Crippen LogP) is 5.07. The second-order valence-electron chi connectivity index (χ2n) is 7.81. The molecule has 1 unspecified atom stereocenters. The number of hydrogen-bond donors (Lipinski definition) is 0. The fourth-order valence-corrected chi connectivity index (χ4v) is 5.16. The Kier molecular flexibility index (Phi) is 5.93. The van der Waals surface area contributed by atoms with Gasteiger partial charge in [0.15, 0.2) is 0 Å². The molecule has 148 valence electrons. The third-order valence-electron chi connectivity index (χ3n) is 5.72. The fraction of sp³-hybridized carbons (Fsp3) is 0.391. The van der Waals surface area contributed by atoms with Gasteiger partial charge in [0, 0.05) is 57.2 Å². The Balaban J connectivity index is 1.35. The molecular formula is C23H28FN3S. The molecule has 0 saturated carbocycles. The van der Waals surface area contributed by atoms with E-state index in [1.807, 2.05) is 12.1 Å². The van der Waals surface area contributed by atoms with Crippen LogP contribution in [0.2, 0.25) is 0 Å². The molecule has 2 aliphatic heterocycles. The third kappa shape index (κ3) is 4.20. The van der Waals surface area contributed by atoms with Gasteiger partial charge in [0.05, 0.1) is 0 Å². The van der Waals surface area contributed by atoms with E-state index in [1.165, 1.54) is 11.3 Å². The molecule has 0 amide bonds. The normalized spacial score (nSPS) is 20.7. The highest BCUT2D eigenvalue weighted by Crippen LogP contribution is 2.42. The number of thioether (sulfide) groups is 1. The zero-order chi connectivity index (χ0) is 19.5. The van der Waals surface area contributed by atoms with E-state index >= 15 is 0 Å². The van der Waals surface area contributed by atoms with Gasteiger partial charge >= 0.3 is 0 Å². The number of hydrogen-bond acceptors (Lipinski definition) is 4. The molecule has 1 fully saturated rings. The smallest absolute Gasteiger partial charge is 0.129 e. The summed E-state index contributed by atoms with van der Waals surface area (Å²) in [5.41, 5.74) is 3.39. The zero-order valence-corrected chi connectivity index (χ0v) is 17.4. The highest BCUT2D eigenvalue weighted by molar-refractivity contribution is 8.02. The van der Waals surface area contributed by atoms with Gasteiger partial charge in [-0.15, -0.1) is 11.8 Å². The van der Waals surface area contributed by atoms with Gasteiger partial charge in [0.2, 0.25) is 0 Å². The summed E-state index contributed by atoms with van der Waals surface area (Å²) in [7, 11) is 4.14. The van der Waals surface area contributed by atoms with Crippen LogP contribution in [0.25, 0.3) is 0 Å². The lowest BCUT2D eigenvalue weighted by Gasteiger charge is -2.39. The first-order chi connectivity index (χ1) is 13.6. The average molecular weight is 398 g/mol. The monoisotopic (exact) mass is 397 g/mol. The standard InChI is InChI=1S/C23H28FN3S/c1-25(2)19-9-7-18(8-10-19)17-26-13-11-20(12-14-26)27-15-16-28-23(27)21-5-3-4-6-22(21)24/h3-10,15-16,20,23H,11-14,17H2,1-2H3. The molecule has 28 heavy (non-hydrogen) atoms. The second-order valence-corrected chi connectivity index (χ2v) is 8.80. The van der Waals surface area contributed by atoms with Gasteiger partial charge in [0.1, 0.15) is 11.2 Å². The van der Waals surface area contributed by atoms with Crippen molar-refractivity contribution in [3.05, 3.63) is 77.1 Å². The largest absolute Gasteiger partial charge is 0.378 e.